The Kier molecular flexibility index (Phi) is 9.21. The number of amides is 1. The lowest BCUT2D eigenvalue weighted by molar-refractivity contribution is -0.197. The molecule has 0 saturated heterocycles. The van der Waals surface area contributed by atoms with Gasteiger partial charge in [-0.25, -0.2) is 9.86 Å². The molecule has 192 valence electrons. The van der Waals surface area contributed by atoms with Crippen molar-refractivity contribution >= 4 is 35.1 Å². The lowest BCUT2D eigenvalue weighted by atomic mass is 10.3. The average Bonchev–Trinajstić information content (AvgIpc) is 2.98. The molecule has 1 atom stereocenters. The molecule has 1 amide bonds. The Labute approximate surface area is 224 Å². The lowest BCUT2D eigenvalue weighted by Gasteiger charge is -2.31. The first-order chi connectivity index (χ1) is 18.6. The summed E-state index contributed by atoms with van der Waals surface area (Å²) in [5, 5.41) is 4.34. The minimum Gasteiger partial charge on any atom is -0.425 e. The number of ether oxygens (including phenoxy) is 1. The number of rotatable bonds is 11. The minimum absolute atomic E-state index is 0.0716. The molecule has 0 aliphatic carbocycles. The Hall–Kier alpha value is -4.05. The summed E-state index contributed by atoms with van der Waals surface area (Å²) in [6, 6.07) is 38.1. The van der Waals surface area contributed by atoms with Gasteiger partial charge in [0, 0.05) is 0 Å². The fourth-order valence-corrected chi connectivity index (χ4v) is 8.39. The number of hydrogen-bond acceptors (Lipinski definition) is 4. The molecular formula is C32H31NO4P+. The van der Waals surface area contributed by atoms with E-state index >= 15 is 0 Å². The van der Waals surface area contributed by atoms with Crippen LogP contribution in [0.15, 0.2) is 134 Å². The molecule has 0 aliphatic rings. The van der Waals surface area contributed by atoms with Crippen molar-refractivity contribution in [2.24, 2.45) is 0 Å². The van der Waals surface area contributed by atoms with Crippen molar-refractivity contribution in [1.29, 1.82) is 0 Å². The van der Waals surface area contributed by atoms with Gasteiger partial charge in [-0.3, -0.25) is 9.63 Å². The number of nitrogens with zero attached hydrogens (tertiary/aromatic N) is 1. The Balaban J connectivity index is 1.76. The van der Waals surface area contributed by atoms with Crippen LogP contribution in [0.2, 0.25) is 0 Å². The molecule has 0 radical (unpaired) electrons. The summed E-state index contributed by atoms with van der Waals surface area (Å²) in [6.45, 7) is 5.39. The number of hydrogen-bond donors (Lipinski definition) is 0. The van der Waals surface area contributed by atoms with Gasteiger partial charge < -0.3 is 4.74 Å². The van der Waals surface area contributed by atoms with Crippen LogP contribution in [0.3, 0.4) is 0 Å². The number of hydroxylamine groups is 2. The highest BCUT2D eigenvalue weighted by molar-refractivity contribution is 7.96. The van der Waals surface area contributed by atoms with Gasteiger partial charge in [-0.2, -0.15) is 0 Å². The van der Waals surface area contributed by atoms with E-state index in [0.717, 1.165) is 21.0 Å². The predicted octanol–water partition coefficient (Wildman–Crippen LogP) is 4.92. The zero-order valence-electron chi connectivity index (χ0n) is 21.4. The van der Waals surface area contributed by atoms with E-state index < -0.39 is 19.3 Å². The van der Waals surface area contributed by atoms with Gasteiger partial charge in [0.05, 0.1) is 6.61 Å². The third-order valence-corrected chi connectivity index (χ3v) is 10.5. The fourth-order valence-electron chi connectivity index (χ4n) is 4.36. The van der Waals surface area contributed by atoms with E-state index in [1.165, 1.54) is 0 Å². The zero-order valence-corrected chi connectivity index (χ0v) is 22.2. The quantitative estimate of drug-likeness (QED) is 0.0919. The summed E-state index contributed by atoms with van der Waals surface area (Å²) < 4.78 is 5.54. The highest BCUT2D eigenvalue weighted by Gasteiger charge is 2.49. The van der Waals surface area contributed by atoms with E-state index in [0.29, 0.717) is 5.75 Å². The maximum atomic E-state index is 14.2. The molecule has 0 saturated carbocycles. The van der Waals surface area contributed by atoms with E-state index in [2.05, 4.69) is 43.0 Å². The molecule has 0 aliphatic heterocycles. The van der Waals surface area contributed by atoms with Gasteiger partial charge in [0.1, 0.15) is 28.9 Å². The molecule has 0 spiro atoms. The van der Waals surface area contributed by atoms with Crippen LogP contribution >= 0.6 is 7.26 Å². The fraction of sp³-hybridized carbons (Fsp3) is 0.125. The molecule has 4 aromatic carbocycles. The standard InChI is InChI=1S/C32H31NO4P/c1-3-24-36-33(26(2)32(35)37-27-16-8-4-9-17-27)31(34)25-38(28-18-10-5-11-19-28,29-20-12-6-13-21-29)30-22-14-7-15-23-30/h3-23,26H,1,24-25H2,2H3/q+1. The van der Waals surface area contributed by atoms with Gasteiger partial charge in [0.2, 0.25) is 0 Å². The number of carbonyl (C=O) groups excluding carboxylic acids is 2. The second kappa shape index (κ2) is 13.0. The maximum absolute atomic E-state index is 14.2. The molecular weight excluding hydrogens is 493 g/mol. The Bertz CT molecular complexity index is 1230. The number of esters is 1. The Morgan fingerprint density at radius 1 is 0.763 bits per heavy atom. The summed E-state index contributed by atoms with van der Waals surface area (Å²) >= 11 is 0. The molecule has 1 unspecified atom stereocenters. The normalized spacial score (nSPS) is 11.8. The second-order valence-corrected chi connectivity index (χ2v) is 12.2. The molecule has 0 aromatic heterocycles. The van der Waals surface area contributed by atoms with Gasteiger partial charge in [-0.05, 0) is 55.5 Å². The van der Waals surface area contributed by atoms with Crippen LogP contribution in [-0.2, 0) is 14.4 Å². The van der Waals surface area contributed by atoms with Crippen molar-refractivity contribution in [2.75, 3.05) is 12.8 Å². The van der Waals surface area contributed by atoms with Crippen molar-refractivity contribution in [3.63, 3.8) is 0 Å². The van der Waals surface area contributed by atoms with Crippen LogP contribution in [0, 0.1) is 0 Å². The first-order valence-corrected chi connectivity index (χ1v) is 14.4. The van der Waals surface area contributed by atoms with E-state index in [1.54, 1.807) is 37.3 Å². The molecule has 0 fully saturated rings. The van der Waals surface area contributed by atoms with E-state index in [-0.39, 0.29) is 18.7 Å². The summed E-state index contributed by atoms with van der Waals surface area (Å²) in [7, 11) is -2.48. The van der Waals surface area contributed by atoms with Crippen LogP contribution in [0.5, 0.6) is 5.75 Å². The van der Waals surface area contributed by atoms with Gasteiger partial charge in [-0.1, -0.05) is 78.9 Å². The summed E-state index contributed by atoms with van der Waals surface area (Å²) in [6.07, 6.45) is 1.68. The SMILES string of the molecule is C=CCON(C(=O)C[P+](c1ccccc1)(c1ccccc1)c1ccccc1)C(C)C(=O)Oc1ccccc1. The highest BCUT2D eigenvalue weighted by atomic mass is 31.2. The molecule has 6 heteroatoms. The van der Waals surface area contributed by atoms with Crippen molar-refractivity contribution in [3.05, 3.63) is 134 Å². The topological polar surface area (TPSA) is 55.8 Å². The summed E-state index contributed by atoms with van der Waals surface area (Å²) in [5.74, 6) is -0.494. The highest BCUT2D eigenvalue weighted by Crippen LogP contribution is 2.55. The van der Waals surface area contributed by atoms with Crippen molar-refractivity contribution in [3.8, 4) is 5.75 Å². The van der Waals surface area contributed by atoms with Crippen LogP contribution in [-0.4, -0.2) is 35.8 Å². The van der Waals surface area contributed by atoms with Gasteiger partial charge >= 0.3 is 5.97 Å². The molecule has 4 aromatic rings. The van der Waals surface area contributed by atoms with Crippen LogP contribution in [0.25, 0.3) is 0 Å². The lowest BCUT2D eigenvalue weighted by Crippen LogP contribution is -2.48. The summed E-state index contributed by atoms with van der Waals surface area (Å²) in [5.41, 5.74) is 0. The molecule has 0 bridgehead atoms. The average molecular weight is 525 g/mol. The van der Waals surface area contributed by atoms with Crippen molar-refractivity contribution < 1.29 is 19.2 Å². The van der Waals surface area contributed by atoms with Gasteiger partial charge in [0.15, 0.2) is 12.2 Å². The molecule has 5 nitrogen and oxygen atoms in total. The zero-order chi connectivity index (χ0) is 26.8. The largest absolute Gasteiger partial charge is 0.425 e. The van der Waals surface area contributed by atoms with Crippen LogP contribution in [0.4, 0.5) is 0 Å². The summed E-state index contributed by atoms with van der Waals surface area (Å²) in [4.78, 5) is 33.1. The first-order valence-electron chi connectivity index (χ1n) is 12.4. The minimum atomic E-state index is -2.48. The van der Waals surface area contributed by atoms with Crippen LogP contribution in [0.1, 0.15) is 6.92 Å². The molecule has 4 rings (SSSR count). The Morgan fingerprint density at radius 3 is 1.61 bits per heavy atom. The van der Waals surface area contributed by atoms with E-state index in [1.807, 2.05) is 60.7 Å². The number of para-hydroxylation sites is 1. The second-order valence-electron chi connectivity index (χ2n) is 8.69. The van der Waals surface area contributed by atoms with E-state index in [9.17, 15) is 9.59 Å². The molecule has 0 heterocycles. The Morgan fingerprint density at radius 2 is 1.18 bits per heavy atom. The third kappa shape index (κ3) is 6.08. The monoisotopic (exact) mass is 524 g/mol. The van der Waals surface area contributed by atoms with E-state index in [4.69, 9.17) is 9.57 Å². The van der Waals surface area contributed by atoms with Crippen molar-refractivity contribution in [1.82, 2.24) is 5.06 Å². The van der Waals surface area contributed by atoms with Gasteiger partial charge in [0.25, 0.3) is 5.91 Å². The number of carbonyl (C=O) groups is 2. The first kappa shape index (κ1) is 27.0. The molecule has 38 heavy (non-hydrogen) atoms. The number of benzene rings is 4. The van der Waals surface area contributed by atoms with Gasteiger partial charge in [-0.15, -0.1) is 6.58 Å². The third-order valence-electron chi connectivity index (χ3n) is 6.20. The van der Waals surface area contributed by atoms with Crippen LogP contribution < -0.4 is 20.7 Å². The van der Waals surface area contributed by atoms with Crippen molar-refractivity contribution in [2.45, 2.75) is 13.0 Å². The molecule has 0 N–H and O–H groups in total. The maximum Gasteiger partial charge on any atom is 0.336 e. The smallest absolute Gasteiger partial charge is 0.336 e. The predicted molar refractivity (Wildman–Crippen MR) is 155 cm³/mol.